The molecule has 2 rings (SSSR count). The first-order valence-corrected chi connectivity index (χ1v) is 6.14. The molecule has 0 bridgehead atoms. The summed E-state index contributed by atoms with van der Waals surface area (Å²) in [4.78, 5) is 15.2. The molecule has 2 aromatic rings. The number of carboxylic acid groups (broad SMARTS) is 1. The van der Waals surface area contributed by atoms with Gasteiger partial charge in [-0.1, -0.05) is 41.4 Å². The Kier molecular flexibility index (Phi) is 4.20. The minimum absolute atomic E-state index is 0.109. The van der Waals surface area contributed by atoms with E-state index < -0.39 is 5.97 Å². The Morgan fingerprint density at radius 1 is 1.21 bits per heavy atom. The highest BCUT2D eigenvalue weighted by Gasteiger charge is 2.12. The van der Waals surface area contributed by atoms with Crippen LogP contribution in [0.15, 0.2) is 42.7 Å². The molecule has 96 valence electrons. The van der Waals surface area contributed by atoms with Crippen molar-refractivity contribution in [2.75, 3.05) is 0 Å². The summed E-state index contributed by atoms with van der Waals surface area (Å²) in [6, 6.07) is 8.40. The molecule has 0 aliphatic carbocycles. The van der Waals surface area contributed by atoms with E-state index in [9.17, 15) is 9.90 Å². The number of benzene rings is 1. The molecule has 0 radical (unpaired) electrons. The number of carboxylic acids is 1. The topological polar surface area (TPSA) is 50.2 Å². The fourth-order valence-corrected chi connectivity index (χ4v) is 1.94. The molecule has 1 heterocycles. The van der Waals surface area contributed by atoms with Crippen molar-refractivity contribution in [2.24, 2.45) is 0 Å². The summed E-state index contributed by atoms with van der Waals surface area (Å²) < 4.78 is 0. The van der Waals surface area contributed by atoms with Gasteiger partial charge in [-0.3, -0.25) is 4.98 Å². The minimum Gasteiger partial charge on any atom is -0.478 e. The van der Waals surface area contributed by atoms with Crippen LogP contribution < -0.4 is 0 Å². The summed E-state index contributed by atoms with van der Waals surface area (Å²) in [6.07, 6.45) is 4.54. The lowest BCUT2D eigenvalue weighted by Crippen LogP contribution is -2.00. The average Bonchev–Trinajstić information content (AvgIpc) is 2.41. The summed E-state index contributed by atoms with van der Waals surface area (Å²) in [5.74, 6) is -1.05. The van der Waals surface area contributed by atoms with Gasteiger partial charge in [-0.25, -0.2) is 4.79 Å². The predicted molar refractivity (Wildman–Crippen MR) is 76.2 cm³/mol. The minimum atomic E-state index is -1.05. The van der Waals surface area contributed by atoms with Crippen molar-refractivity contribution >= 4 is 40.8 Å². The lowest BCUT2D eigenvalue weighted by atomic mass is 10.0. The summed E-state index contributed by atoms with van der Waals surface area (Å²) in [7, 11) is 0. The Morgan fingerprint density at radius 3 is 2.63 bits per heavy atom. The Hall–Kier alpha value is -1.84. The molecule has 0 aliphatic rings. The molecule has 19 heavy (non-hydrogen) atoms. The van der Waals surface area contributed by atoms with Gasteiger partial charge in [-0.05, 0) is 23.8 Å². The quantitative estimate of drug-likeness (QED) is 0.870. The van der Waals surface area contributed by atoms with Crippen LogP contribution in [0.1, 0.15) is 11.1 Å². The average molecular weight is 294 g/mol. The number of aromatic nitrogens is 1. The number of hydrogen-bond donors (Lipinski definition) is 1. The third kappa shape index (κ3) is 3.13. The van der Waals surface area contributed by atoms with Crippen molar-refractivity contribution in [1.29, 1.82) is 0 Å². The van der Waals surface area contributed by atoms with Gasteiger partial charge in [0.15, 0.2) is 0 Å². The SMILES string of the molecule is O=C(O)/C(=C/c1cccc(Cl)c1Cl)c1cccnc1. The zero-order valence-electron chi connectivity index (χ0n) is 9.68. The number of pyridine rings is 1. The second kappa shape index (κ2) is 5.87. The van der Waals surface area contributed by atoms with Crippen LogP contribution in [-0.2, 0) is 4.79 Å². The van der Waals surface area contributed by atoms with Crippen molar-refractivity contribution in [3.63, 3.8) is 0 Å². The highest BCUT2D eigenvalue weighted by molar-refractivity contribution is 6.43. The standard InChI is InChI=1S/C14H9Cl2NO2/c15-12-5-1-3-9(13(12)16)7-11(14(18)19)10-4-2-6-17-8-10/h1-8H,(H,18,19)/b11-7+. The molecule has 0 unspecified atom stereocenters. The first-order chi connectivity index (χ1) is 9.09. The van der Waals surface area contributed by atoms with Crippen LogP contribution >= 0.6 is 23.2 Å². The van der Waals surface area contributed by atoms with E-state index in [4.69, 9.17) is 23.2 Å². The van der Waals surface area contributed by atoms with E-state index in [1.807, 2.05) is 0 Å². The number of hydrogen-bond acceptors (Lipinski definition) is 2. The zero-order valence-corrected chi connectivity index (χ0v) is 11.2. The van der Waals surface area contributed by atoms with Gasteiger partial charge in [0.25, 0.3) is 0 Å². The third-order valence-electron chi connectivity index (χ3n) is 2.48. The Bertz CT molecular complexity index is 639. The van der Waals surface area contributed by atoms with Crippen LogP contribution in [-0.4, -0.2) is 16.1 Å². The monoisotopic (exact) mass is 293 g/mol. The molecule has 0 amide bonds. The van der Waals surface area contributed by atoms with Gasteiger partial charge in [-0.2, -0.15) is 0 Å². The fourth-order valence-electron chi connectivity index (χ4n) is 1.58. The first kappa shape index (κ1) is 13.6. The number of aliphatic carboxylic acids is 1. The van der Waals surface area contributed by atoms with E-state index in [-0.39, 0.29) is 5.57 Å². The molecular weight excluding hydrogens is 285 g/mol. The highest BCUT2D eigenvalue weighted by atomic mass is 35.5. The van der Waals surface area contributed by atoms with E-state index in [0.29, 0.717) is 21.2 Å². The fraction of sp³-hybridized carbons (Fsp3) is 0. The first-order valence-electron chi connectivity index (χ1n) is 5.39. The van der Waals surface area contributed by atoms with Crippen LogP contribution in [0.4, 0.5) is 0 Å². The molecule has 0 aliphatic heterocycles. The molecule has 3 nitrogen and oxygen atoms in total. The van der Waals surface area contributed by atoms with Gasteiger partial charge >= 0.3 is 5.97 Å². The largest absolute Gasteiger partial charge is 0.478 e. The number of rotatable bonds is 3. The highest BCUT2D eigenvalue weighted by Crippen LogP contribution is 2.28. The molecule has 1 aromatic carbocycles. The maximum Gasteiger partial charge on any atom is 0.336 e. The molecule has 1 aromatic heterocycles. The number of carbonyl (C=O) groups is 1. The zero-order chi connectivity index (χ0) is 13.8. The molecule has 5 heteroatoms. The summed E-state index contributed by atoms with van der Waals surface area (Å²) >= 11 is 11.9. The van der Waals surface area contributed by atoms with Crippen LogP contribution in [0.3, 0.4) is 0 Å². The van der Waals surface area contributed by atoms with Crippen molar-refractivity contribution in [3.05, 3.63) is 63.9 Å². The molecule has 0 atom stereocenters. The lowest BCUT2D eigenvalue weighted by Gasteiger charge is -2.04. The van der Waals surface area contributed by atoms with Crippen LogP contribution in [0.25, 0.3) is 11.6 Å². The van der Waals surface area contributed by atoms with Crippen molar-refractivity contribution in [2.45, 2.75) is 0 Å². The number of halogens is 2. The van der Waals surface area contributed by atoms with Crippen LogP contribution in [0, 0.1) is 0 Å². The van der Waals surface area contributed by atoms with Crippen molar-refractivity contribution < 1.29 is 9.90 Å². The Labute approximate surface area is 120 Å². The lowest BCUT2D eigenvalue weighted by molar-refractivity contribution is -0.130. The smallest absolute Gasteiger partial charge is 0.336 e. The molecule has 0 saturated carbocycles. The van der Waals surface area contributed by atoms with Gasteiger partial charge in [0, 0.05) is 18.0 Å². The third-order valence-corrected chi connectivity index (χ3v) is 3.32. The second-order valence-corrected chi connectivity index (χ2v) is 4.53. The maximum absolute atomic E-state index is 11.3. The van der Waals surface area contributed by atoms with E-state index in [1.165, 1.54) is 12.3 Å². The molecule has 0 saturated heterocycles. The van der Waals surface area contributed by atoms with E-state index in [2.05, 4.69) is 4.98 Å². The van der Waals surface area contributed by atoms with Gasteiger partial charge in [-0.15, -0.1) is 0 Å². The summed E-state index contributed by atoms with van der Waals surface area (Å²) in [5, 5.41) is 9.98. The van der Waals surface area contributed by atoms with E-state index in [1.54, 1.807) is 36.5 Å². The van der Waals surface area contributed by atoms with Crippen LogP contribution in [0.5, 0.6) is 0 Å². The van der Waals surface area contributed by atoms with Crippen molar-refractivity contribution in [3.8, 4) is 0 Å². The number of nitrogens with zero attached hydrogens (tertiary/aromatic N) is 1. The molecule has 0 fully saturated rings. The Morgan fingerprint density at radius 2 is 2.00 bits per heavy atom. The van der Waals surface area contributed by atoms with Gasteiger partial charge in [0.2, 0.25) is 0 Å². The van der Waals surface area contributed by atoms with Gasteiger partial charge in [0.1, 0.15) is 0 Å². The van der Waals surface area contributed by atoms with Crippen molar-refractivity contribution in [1.82, 2.24) is 4.98 Å². The van der Waals surface area contributed by atoms with Gasteiger partial charge in [0.05, 0.1) is 15.6 Å². The normalized spacial score (nSPS) is 11.4. The molecular formula is C14H9Cl2NO2. The van der Waals surface area contributed by atoms with Gasteiger partial charge < -0.3 is 5.11 Å². The van der Waals surface area contributed by atoms with Crippen LogP contribution in [0.2, 0.25) is 10.0 Å². The predicted octanol–water partition coefficient (Wildman–Crippen LogP) is 4.01. The maximum atomic E-state index is 11.3. The molecule has 0 spiro atoms. The summed E-state index contributed by atoms with van der Waals surface area (Å²) in [5.41, 5.74) is 1.17. The Balaban J connectivity index is 2.54. The second-order valence-electron chi connectivity index (χ2n) is 3.75. The van der Waals surface area contributed by atoms with E-state index >= 15 is 0 Å². The molecule has 1 N–H and O–H groups in total. The van der Waals surface area contributed by atoms with E-state index in [0.717, 1.165) is 0 Å². The summed E-state index contributed by atoms with van der Waals surface area (Å²) in [6.45, 7) is 0.